The van der Waals surface area contributed by atoms with E-state index in [0.717, 1.165) is 5.82 Å². The van der Waals surface area contributed by atoms with Gasteiger partial charge < -0.3 is 5.43 Å². The molecule has 0 aliphatic heterocycles. The zero-order valence-electron chi connectivity index (χ0n) is 10.6. The topological polar surface area (TPSA) is 139 Å². The van der Waals surface area contributed by atoms with E-state index in [9.17, 15) is 8.42 Å². The van der Waals surface area contributed by atoms with E-state index in [1.54, 1.807) is 0 Å². The molecule has 0 saturated carbocycles. The van der Waals surface area contributed by atoms with Crippen molar-refractivity contribution in [2.75, 3.05) is 12.0 Å². The number of nitrogens with zero attached hydrogens (tertiary/aromatic N) is 3. The highest BCUT2D eigenvalue weighted by atomic mass is 32.2. The molecule has 0 unspecified atom stereocenters. The fourth-order valence-corrected chi connectivity index (χ4v) is 2.79. The molecule has 0 amide bonds. The van der Waals surface area contributed by atoms with Gasteiger partial charge in [0, 0.05) is 25.4 Å². The number of nitrogens with two attached hydrogens (primary N) is 1. The third-order valence-electron chi connectivity index (χ3n) is 2.58. The molecule has 0 atom stereocenters. The Hall–Kier alpha value is -2.04. The van der Waals surface area contributed by atoms with E-state index in [0.29, 0.717) is 18.5 Å². The number of nitrogens with one attached hydrogen (secondary N) is 3. The van der Waals surface area contributed by atoms with E-state index >= 15 is 0 Å². The average Bonchev–Trinajstić information content (AvgIpc) is 2.97. The van der Waals surface area contributed by atoms with E-state index in [-0.39, 0.29) is 11.4 Å². The summed E-state index contributed by atoms with van der Waals surface area (Å²) in [6.45, 7) is 0.280. The summed E-state index contributed by atoms with van der Waals surface area (Å²) in [7, 11) is -3.65. The number of aryl methyl sites for hydroxylation is 1. The van der Waals surface area contributed by atoms with Crippen molar-refractivity contribution in [3.8, 4) is 0 Å². The van der Waals surface area contributed by atoms with Gasteiger partial charge in [-0.25, -0.2) is 18.1 Å². The molecule has 0 aliphatic carbocycles. The minimum Gasteiger partial charge on any atom is -0.323 e. The monoisotopic (exact) mass is 297 g/mol. The number of sulfonamides is 1. The number of aromatic amines is 1. The predicted octanol–water partition coefficient (Wildman–Crippen LogP) is -0.604. The SMILES string of the molecule is NNc1ccncc1S(=O)(=O)NCCCc1ncn[nH]1. The fourth-order valence-electron chi connectivity index (χ4n) is 1.60. The molecule has 2 rings (SSSR count). The Morgan fingerprint density at radius 1 is 1.40 bits per heavy atom. The average molecular weight is 297 g/mol. The first-order chi connectivity index (χ1) is 9.63. The van der Waals surface area contributed by atoms with E-state index in [1.807, 2.05) is 0 Å². The predicted molar refractivity (Wildman–Crippen MR) is 71.9 cm³/mol. The van der Waals surface area contributed by atoms with Crippen LogP contribution in [0.25, 0.3) is 0 Å². The highest BCUT2D eigenvalue weighted by Gasteiger charge is 2.17. The van der Waals surface area contributed by atoms with Gasteiger partial charge >= 0.3 is 0 Å². The number of anilines is 1. The lowest BCUT2D eigenvalue weighted by Crippen LogP contribution is -2.26. The van der Waals surface area contributed by atoms with Crippen LogP contribution >= 0.6 is 0 Å². The van der Waals surface area contributed by atoms with Crippen LogP contribution in [0.4, 0.5) is 5.69 Å². The Bertz CT molecular complexity index is 641. The van der Waals surface area contributed by atoms with Crippen molar-refractivity contribution in [3.63, 3.8) is 0 Å². The largest absolute Gasteiger partial charge is 0.323 e. The molecule has 2 aromatic rings. The van der Waals surface area contributed by atoms with Gasteiger partial charge in [0.1, 0.15) is 17.0 Å². The third-order valence-corrected chi connectivity index (χ3v) is 4.07. The summed E-state index contributed by atoms with van der Waals surface area (Å²) in [5, 5.41) is 6.42. The number of hydrogen-bond acceptors (Lipinski definition) is 7. The number of H-pyrrole nitrogens is 1. The minimum absolute atomic E-state index is 0.0159. The zero-order chi connectivity index (χ0) is 14.4. The Morgan fingerprint density at radius 3 is 2.95 bits per heavy atom. The van der Waals surface area contributed by atoms with Crippen LogP contribution in [0.1, 0.15) is 12.2 Å². The normalized spacial score (nSPS) is 11.4. The first-order valence-electron chi connectivity index (χ1n) is 5.88. The molecule has 0 aliphatic rings. The molecule has 9 nitrogen and oxygen atoms in total. The molecule has 0 spiro atoms. The summed E-state index contributed by atoms with van der Waals surface area (Å²) < 4.78 is 26.7. The van der Waals surface area contributed by atoms with E-state index < -0.39 is 10.0 Å². The second kappa shape index (κ2) is 6.41. The van der Waals surface area contributed by atoms with Gasteiger partial charge in [0.2, 0.25) is 10.0 Å². The van der Waals surface area contributed by atoms with Crippen LogP contribution in [0.15, 0.2) is 29.7 Å². The lowest BCUT2D eigenvalue weighted by molar-refractivity contribution is 0.578. The number of hydrogen-bond donors (Lipinski definition) is 4. The van der Waals surface area contributed by atoms with Crippen molar-refractivity contribution >= 4 is 15.7 Å². The second-order valence-corrected chi connectivity index (χ2v) is 5.69. The molecule has 0 radical (unpaired) electrons. The van der Waals surface area contributed by atoms with Crippen LogP contribution in [0.3, 0.4) is 0 Å². The molecular formula is C10H15N7O2S. The van der Waals surface area contributed by atoms with Gasteiger partial charge in [-0.1, -0.05) is 0 Å². The second-order valence-electron chi connectivity index (χ2n) is 3.95. The molecule has 2 heterocycles. The lowest BCUT2D eigenvalue weighted by Gasteiger charge is -2.09. The van der Waals surface area contributed by atoms with Crippen molar-refractivity contribution in [1.82, 2.24) is 24.9 Å². The Balaban J connectivity index is 1.94. The maximum atomic E-state index is 12.1. The molecular weight excluding hydrogens is 282 g/mol. The molecule has 2 aromatic heterocycles. The molecule has 108 valence electrons. The molecule has 0 bridgehead atoms. The van der Waals surface area contributed by atoms with Gasteiger partial charge in [-0.3, -0.25) is 15.9 Å². The molecule has 5 N–H and O–H groups in total. The van der Waals surface area contributed by atoms with Crippen molar-refractivity contribution < 1.29 is 8.42 Å². The Morgan fingerprint density at radius 2 is 2.25 bits per heavy atom. The summed E-state index contributed by atoms with van der Waals surface area (Å²) in [6.07, 6.45) is 5.32. The van der Waals surface area contributed by atoms with Gasteiger partial charge in [-0.2, -0.15) is 5.10 Å². The van der Waals surface area contributed by atoms with E-state index in [2.05, 4.69) is 30.3 Å². The highest BCUT2D eigenvalue weighted by Crippen LogP contribution is 2.17. The van der Waals surface area contributed by atoms with Gasteiger partial charge in [0.15, 0.2) is 0 Å². The number of rotatable bonds is 7. The fraction of sp³-hybridized carbons (Fsp3) is 0.300. The third kappa shape index (κ3) is 3.50. The summed E-state index contributed by atoms with van der Waals surface area (Å²) in [5.74, 6) is 5.99. The van der Waals surface area contributed by atoms with E-state index in [1.165, 1.54) is 24.8 Å². The first kappa shape index (κ1) is 14.4. The maximum absolute atomic E-state index is 12.1. The highest BCUT2D eigenvalue weighted by molar-refractivity contribution is 7.89. The van der Waals surface area contributed by atoms with Crippen molar-refractivity contribution in [2.24, 2.45) is 5.84 Å². The number of hydrazine groups is 1. The summed E-state index contributed by atoms with van der Waals surface area (Å²) in [4.78, 5) is 7.76. The van der Waals surface area contributed by atoms with E-state index in [4.69, 9.17) is 5.84 Å². The van der Waals surface area contributed by atoms with Crippen molar-refractivity contribution in [1.29, 1.82) is 0 Å². The first-order valence-corrected chi connectivity index (χ1v) is 7.36. The Labute approximate surface area is 116 Å². The minimum atomic E-state index is -3.65. The van der Waals surface area contributed by atoms with Gasteiger partial charge in [-0.05, 0) is 12.5 Å². The van der Waals surface area contributed by atoms with Gasteiger partial charge in [-0.15, -0.1) is 0 Å². The summed E-state index contributed by atoms with van der Waals surface area (Å²) in [6, 6.07) is 1.49. The zero-order valence-corrected chi connectivity index (χ0v) is 11.4. The number of aromatic nitrogens is 4. The van der Waals surface area contributed by atoms with Crippen molar-refractivity contribution in [3.05, 3.63) is 30.6 Å². The maximum Gasteiger partial charge on any atom is 0.244 e. The summed E-state index contributed by atoms with van der Waals surface area (Å²) >= 11 is 0. The van der Waals surface area contributed by atoms with Crippen LogP contribution in [-0.4, -0.2) is 35.1 Å². The van der Waals surface area contributed by atoms with Gasteiger partial charge in [0.05, 0.1) is 5.69 Å². The smallest absolute Gasteiger partial charge is 0.244 e. The van der Waals surface area contributed by atoms with Crippen LogP contribution in [-0.2, 0) is 16.4 Å². The molecule has 10 heteroatoms. The van der Waals surface area contributed by atoms with Crippen LogP contribution in [0.2, 0.25) is 0 Å². The quantitative estimate of drug-likeness (QED) is 0.304. The van der Waals surface area contributed by atoms with Crippen LogP contribution in [0, 0.1) is 0 Å². The van der Waals surface area contributed by atoms with Gasteiger partial charge in [0.25, 0.3) is 0 Å². The number of nitrogen functional groups attached to an aromatic ring is 1. The lowest BCUT2D eigenvalue weighted by atomic mass is 10.3. The molecule has 20 heavy (non-hydrogen) atoms. The van der Waals surface area contributed by atoms with Crippen LogP contribution in [0.5, 0.6) is 0 Å². The Kier molecular flexibility index (Phi) is 4.61. The van der Waals surface area contributed by atoms with Crippen LogP contribution < -0.4 is 16.0 Å². The number of pyridine rings is 1. The molecule has 0 saturated heterocycles. The molecule has 0 fully saturated rings. The van der Waals surface area contributed by atoms with Crippen molar-refractivity contribution in [2.45, 2.75) is 17.7 Å². The standard InChI is InChI=1S/C10H15N7O2S/c11-16-8-3-5-12-6-9(8)20(18,19)15-4-1-2-10-13-7-14-17-10/h3,5-7,15H,1-2,4,11H2,(H,12,16)(H,13,14,17). The molecule has 0 aromatic carbocycles. The summed E-state index contributed by atoms with van der Waals surface area (Å²) in [5.41, 5.74) is 2.63.